The number of rotatable bonds is 2. The zero-order valence-corrected chi connectivity index (χ0v) is 7.96. The lowest BCUT2D eigenvalue weighted by molar-refractivity contribution is 0.908. The average molecular weight is 180 g/mol. The molecule has 1 aromatic rings. The molecule has 1 heterocycles. The molecule has 1 aliphatic rings. The van der Waals surface area contributed by atoms with Crippen molar-refractivity contribution in [1.29, 1.82) is 0 Å². The average Bonchev–Trinajstić information content (AvgIpc) is 2.85. The highest BCUT2D eigenvalue weighted by molar-refractivity contribution is 7.80. The molecule has 0 spiro atoms. The van der Waals surface area contributed by atoms with Crippen molar-refractivity contribution in [2.24, 2.45) is 0 Å². The molecule has 1 fully saturated rings. The van der Waals surface area contributed by atoms with Crippen molar-refractivity contribution in [1.82, 2.24) is 4.98 Å². The van der Waals surface area contributed by atoms with E-state index in [4.69, 9.17) is 0 Å². The summed E-state index contributed by atoms with van der Waals surface area (Å²) in [6, 6.07) is 2.79. The van der Waals surface area contributed by atoms with Crippen LogP contribution in [0.3, 0.4) is 0 Å². The van der Waals surface area contributed by atoms with Gasteiger partial charge in [0, 0.05) is 24.2 Å². The Morgan fingerprint density at radius 1 is 1.50 bits per heavy atom. The molecule has 0 aliphatic heterocycles. The minimum atomic E-state index is 0.738. The molecule has 12 heavy (non-hydrogen) atoms. The van der Waals surface area contributed by atoms with E-state index >= 15 is 0 Å². The molecule has 0 atom stereocenters. The lowest BCUT2D eigenvalue weighted by Gasteiger charge is -2.17. The number of hydrogen-bond acceptors (Lipinski definition) is 3. The van der Waals surface area contributed by atoms with Crippen LogP contribution in [0.1, 0.15) is 12.8 Å². The summed E-state index contributed by atoms with van der Waals surface area (Å²) in [5, 5.41) is 0. The Hall–Kier alpha value is -0.700. The molecule has 64 valence electrons. The van der Waals surface area contributed by atoms with E-state index in [9.17, 15) is 0 Å². The Morgan fingerprint density at radius 3 is 2.83 bits per heavy atom. The molecule has 0 aromatic carbocycles. The topological polar surface area (TPSA) is 16.1 Å². The van der Waals surface area contributed by atoms with Gasteiger partial charge in [-0.2, -0.15) is 0 Å². The van der Waals surface area contributed by atoms with E-state index in [0.29, 0.717) is 0 Å². The zero-order chi connectivity index (χ0) is 8.55. The van der Waals surface area contributed by atoms with E-state index in [0.717, 1.165) is 10.9 Å². The molecule has 0 bridgehead atoms. The van der Waals surface area contributed by atoms with Crippen LogP contribution in [-0.2, 0) is 0 Å². The van der Waals surface area contributed by atoms with Gasteiger partial charge >= 0.3 is 0 Å². The first kappa shape index (κ1) is 7.92. The highest BCUT2D eigenvalue weighted by Crippen LogP contribution is 2.30. The predicted octanol–water partition coefficient (Wildman–Crippen LogP) is 1.97. The molecule has 1 aromatic heterocycles. The third kappa shape index (κ3) is 1.55. The summed E-state index contributed by atoms with van der Waals surface area (Å²) in [5.41, 5.74) is 1.17. The second kappa shape index (κ2) is 2.98. The van der Waals surface area contributed by atoms with Crippen LogP contribution in [-0.4, -0.2) is 18.1 Å². The number of hydrogen-bond donors (Lipinski definition) is 1. The minimum absolute atomic E-state index is 0.738. The van der Waals surface area contributed by atoms with E-state index in [2.05, 4.69) is 35.6 Å². The summed E-state index contributed by atoms with van der Waals surface area (Å²) >= 11 is 4.25. The molecule has 0 amide bonds. The molecule has 0 radical (unpaired) electrons. The van der Waals surface area contributed by atoms with E-state index in [1.807, 2.05) is 6.20 Å². The summed E-state index contributed by atoms with van der Waals surface area (Å²) in [5.74, 6) is 0. The second-order valence-corrected chi connectivity index (χ2v) is 3.76. The molecule has 0 N–H and O–H groups in total. The van der Waals surface area contributed by atoms with Crippen LogP contribution >= 0.6 is 12.6 Å². The van der Waals surface area contributed by atoms with Gasteiger partial charge < -0.3 is 4.90 Å². The fraction of sp³-hybridized carbons (Fsp3) is 0.444. The maximum Gasteiger partial charge on any atom is 0.0563 e. The Kier molecular flexibility index (Phi) is 1.97. The Labute approximate surface area is 78.0 Å². The Balaban J connectivity index is 2.20. The van der Waals surface area contributed by atoms with Crippen LogP contribution in [0.2, 0.25) is 0 Å². The monoisotopic (exact) mass is 180 g/mol. The zero-order valence-electron chi connectivity index (χ0n) is 7.07. The normalized spacial score (nSPS) is 16.2. The molecule has 0 saturated heterocycles. The fourth-order valence-corrected chi connectivity index (χ4v) is 1.48. The molecular weight excluding hydrogens is 168 g/mol. The van der Waals surface area contributed by atoms with Crippen molar-refractivity contribution >= 4 is 18.3 Å². The van der Waals surface area contributed by atoms with Crippen LogP contribution in [0, 0.1) is 0 Å². The Morgan fingerprint density at radius 2 is 2.25 bits per heavy atom. The summed E-state index contributed by atoms with van der Waals surface area (Å²) in [6.45, 7) is 0. The van der Waals surface area contributed by atoms with E-state index in [1.54, 1.807) is 6.20 Å². The SMILES string of the molecule is CN(c1cncc(S)c1)C1CC1. The van der Waals surface area contributed by atoms with Crippen molar-refractivity contribution in [3.8, 4) is 0 Å². The van der Waals surface area contributed by atoms with E-state index < -0.39 is 0 Å². The largest absolute Gasteiger partial charge is 0.370 e. The highest BCUT2D eigenvalue weighted by atomic mass is 32.1. The van der Waals surface area contributed by atoms with Crippen LogP contribution in [0.25, 0.3) is 0 Å². The molecule has 2 rings (SSSR count). The smallest absolute Gasteiger partial charge is 0.0563 e. The molecule has 2 nitrogen and oxygen atoms in total. The molecule has 3 heteroatoms. The second-order valence-electron chi connectivity index (χ2n) is 3.24. The van der Waals surface area contributed by atoms with Crippen LogP contribution in [0.15, 0.2) is 23.4 Å². The summed E-state index contributed by atoms with van der Waals surface area (Å²) in [4.78, 5) is 7.30. The predicted molar refractivity (Wildman–Crippen MR) is 52.9 cm³/mol. The van der Waals surface area contributed by atoms with E-state index in [1.165, 1.54) is 18.5 Å². The molecule has 1 saturated carbocycles. The third-order valence-corrected chi connectivity index (χ3v) is 2.46. The standard InChI is InChI=1S/C9H12N2S/c1-11(7-2-3-7)8-4-9(12)6-10-5-8/h4-7,12H,2-3H2,1H3. The first-order valence-corrected chi connectivity index (χ1v) is 4.59. The van der Waals surface area contributed by atoms with Crippen molar-refractivity contribution < 1.29 is 0 Å². The number of pyridine rings is 1. The number of aromatic nitrogens is 1. The number of nitrogens with zero attached hydrogens (tertiary/aromatic N) is 2. The minimum Gasteiger partial charge on any atom is -0.370 e. The van der Waals surface area contributed by atoms with Crippen molar-refractivity contribution in [3.63, 3.8) is 0 Å². The lowest BCUT2D eigenvalue weighted by Crippen LogP contribution is -2.19. The van der Waals surface area contributed by atoms with Crippen LogP contribution in [0.4, 0.5) is 5.69 Å². The van der Waals surface area contributed by atoms with Crippen molar-refractivity contribution in [3.05, 3.63) is 18.5 Å². The van der Waals surface area contributed by atoms with Crippen molar-refractivity contribution in [2.75, 3.05) is 11.9 Å². The van der Waals surface area contributed by atoms with Crippen LogP contribution < -0.4 is 4.90 Å². The van der Waals surface area contributed by atoms with Gasteiger partial charge in [0.2, 0.25) is 0 Å². The van der Waals surface area contributed by atoms with Gasteiger partial charge in [0.1, 0.15) is 0 Å². The maximum absolute atomic E-state index is 4.25. The fourth-order valence-electron chi connectivity index (χ4n) is 1.28. The van der Waals surface area contributed by atoms with Gasteiger partial charge in [-0.3, -0.25) is 4.98 Å². The molecule has 1 aliphatic carbocycles. The summed E-state index contributed by atoms with van der Waals surface area (Å²) < 4.78 is 0. The van der Waals surface area contributed by atoms with Crippen LogP contribution in [0.5, 0.6) is 0 Å². The Bertz CT molecular complexity index is 284. The van der Waals surface area contributed by atoms with Gasteiger partial charge in [0.15, 0.2) is 0 Å². The van der Waals surface area contributed by atoms with Gasteiger partial charge in [0.05, 0.1) is 11.9 Å². The van der Waals surface area contributed by atoms with Gasteiger partial charge in [-0.25, -0.2) is 0 Å². The van der Waals surface area contributed by atoms with Gasteiger partial charge in [-0.15, -0.1) is 12.6 Å². The highest BCUT2D eigenvalue weighted by Gasteiger charge is 2.26. The number of thiol groups is 1. The quantitative estimate of drug-likeness (QED) is 0.700. The van der Waals surface area contributed by atoms with Crippen molar-refractivity contribution in [2.45, 2.75) is 23.8 Å². The molecule has 0 unspecified atom stereocenters. The first-order chi connectivity index (χ1) is 5.77. The van der Waals surface area contributed by atoms with Gasteiger partial charge in [-0.1, -0.05) is 0 Å². The summed E-state index contributed by atoms with van der Waals surface area (Å²) in [6.07, 6.45) is 6.27. The lowest BCUT2D eigenvalue weighted by atomic mass is 10.4. The van der Waals surface area contributed by atoms with E-state index in [-0.39, 0.29) is 0 Å². The maximum atomic E-state index is 4.25. The van der Waals surface area contributed by atoms with Gasteiger partial charge in [-0.05, 0) is 18.9 Å². The first-order valence-electron chi connectivity index (χ1n) is 4.14. The molecular formula is C9H12N2S. The number of anilines is 1. The summed E-state index contributed by atoms with van der Waals surface area (Å²) in [7, 11) is 2.11. The van der Waals surface area contributed by atoms with Gasteiger partial charge in [0.25, 0.3) is 0 Å². The third-order valence-electron chi connectivity index (χ3n) is 2.21.